The zero-order valence-corrected chi connectivity index (χ0v) is 23.6. The first-order chi connectivity index (χ1) is 17.5. The minimum absolute atomic E-state index is 0.0150. The van der Waals surface area contributed by atoms with E-state index in [1.165, 1.54) is 12.0 Å². The molecule has 3 rings (SSSR count). The molecular weight excluding hydrogens is 537 g/mol. The van der Waals surface area contributed by atoms with Crippen LogP contribution in [-0.2, 0) is 26.2 Å². The highest BCUT2D eigenvalue weighted by atomic mass is 35.5. The lowest BCUT2D eigenvalue weighted by molar-refractivity contribution is -0.140. The number of benzene rings is 2. The number of amides is 2. The molecule has 37 heavy (non-hydrogen) atoms. The van der Waals surface area contributed by atoms with Gasteiger partial charge in [-0.3, -0.25) is 13.9 Å². The summed E-state index contributed by atoms with van der Waals surface area (Å²) in [5.41, 5.74) is 0.877. The van der Waals surface area contributed by atoms with Crippen LogP contribution in [0.3, 0.4) is 0 Å². The van der Waals surface area contributed by atoms with Crippen LogP contribution in [-0.4, -0.2) is 57.1 Å². The SMILES string of the molecule is CC[C@H](C(=O)NC1CCCC1)N(Cc1ccc(Cl)cc1Cl)C(=O)CN(c1cccc(OC)c1)S(C)(=O)=O. The monoisotopic (exact) mass is 569 g/mol. The van der Waals surface area contributed by atoms with Gasteiger partial charge in [0, 0.05) is 28.7 Å². The Balaban J connectivity index is 1.95. The third-order valence-corrected chi connectivity index (χ3v) is 8.19. The molecule has 1 fully saturated rings. The van der Waals surface area contributed by atoms with E-state index in [-0.39, 0.29) is 24.2 Å². The minimum atomic E-state index is -3.84. The summed E-state index contributed by atoms with van der Waals surface area (Å²) in [5.74, 6) is -0.349. The zero-order valence-electron chi connectivity index (χ0n) is 21.2. The molecule has 0 aromatic heterocycles. The number of nitrogens with one attached hydrogen (secondary N) is 1. The summed E-state index contributed by atoms with van der Waals surface area (Å²) in [6.07, 6.45) is 5.27. The van der Waals surface area contributed by atoms with Gasteiger partial charge in [-0.15, -0.1) is 0 Å². The van der Waals surface area contributed by atoms with E-state index in [9.17, 15) is 18.0 Å². The van der Waals surface area contributed by atoms with Gasteiger partial charge >= 0.3 is 0 Å². The summed E-state index contributed by atoms with van der Waals surface area (Å²) < 4.78 is 31.7. The second-order valence-electron chi connectivity index (χ2n) is 9.14. The number of nitrogens with zero attached hydrogens (tertiary/aromatic N) is 2. The Bertz CT molecular complexity index is 1220. The minimum Gasteiger partial charge on any atom is -0.497 e. The van der Waals surface area contributed by atoms with Crippen molar-refractivity contribution in [2.45, 2.75) is 57.7 Å². The van der Waals surface area contributed by atoms with E-state index in [1.807, 2.05) is 6.92 Å². The fourth-order valence-corrected chi connectivity index (χ4v) is 5.81. The van der Waals surface area contributed by atoms with Crippen molar-refractivity contribution in [1.29, 1.82) is 0 Å². The van der Waals surface area contributed by atoms with E-state index in [0.29, 0.717) is 27.8 Å². The number of carbonyl (C=O) groups excluding carboxylic acids is 2. The van der Waals surface area contributed by atoms with Crippen LogP contribution in [0.5, 0.6) is 5.75 Å². The van der Waals surface area contributed by atoms with Gasteiger partial charge in [-0.2, -0.15) is 0 Å². The largest absolute Gasteiger partial charge is 0.497 e. The van der Waals surface area contributed by atoms with Crippen molar-refractivity contribution in [2.75, 3.05) is 24.2 Å². The Morgan fingerprint density at radius 1 is 1.14 bits per heavy atom. The number of rotatable bonds is 11. The summed E-state index contributed by atoms with van der Waals surface area (Å²) in [6, 6.07) is 10.6. The Morgan fingerprint density at radius 2 is 1.84 bits per heavy atom. The standard InChI is InChI=1S/C26H33Cl2N3O5S/c1-4-24(26(33)29-20-8-5-6-9-20)30(16-18-12-13-19(27)14-23(18)28)25(32)17-31(37(3,34)35)21-10-7-11-22(15-21)36-2/h7,10-15,20,24H,4-6,8-9,16-17H2,1-3H3,(H,29,33)/t24-/m1/s1. The number of carbonyl (C=O) groups is 2. The smallest absolute Gasteiger partial charge is 0.244 e. The molecule has 0 saturated heterocycles. The zero-order chi connectivity index (χ0) is 27.2. The van der Waals surface area contributed by atoms with Crippen molar-refractivity contribution in [3.05, 3.63) is 58.1 Å². The number of ether oxygens (including phenoxy) is 1. The van der Waals surface area contributed by atoms with Gasteiger partial charge in [-0.25, -0.2) is 8.42 Å². The Morgan fingerprint density at radius 3 is 2.43 bits per heavy atom. The molecule has 11 heteroatoms. The first-order valence-corrected chi connectivity index (χ1v) is 14.8. The van der Waals surface area contributed by atoms with Crippen LogP contribution in [0, 0.1) is 0 Å². The van der Waals surface area contributed by atoms with Gasteiger partial charge in [0.1, 0.15) is 18.3 Å². The molecule has 0 unspecified atom stereocenters. The van der Waals surface area contributed by atoms with Gasteiger partial charge < -0.3 is 15.0 Å². The fourth-order valence-electron chi connectivity index (χ4n) is 4.50. The van der Waals surface area contributed by atoms with Crippen LogP contribution in [0.4, 0.5) is 5.69 Å². The normalized spacial score (nSPS) is 14.7. The highest BCUT2D eigenvalue weighted by Gasteiger charge is 2.33. The molecule has 1 aliphatic carbocycles. The van der Waals surface area contributed by atoms with Gasteiger partial charge in [0.25, 0.3) is 0 Å². The molecule has 0 radical (unpaired) electrons. The molecule has 8 nitrogen and oxygen atoms in total. The van der Waals surface area contributed by atoms with Crippen LogP contribution in [0.2, 0.25) is 10.0 Å². The van der Waals surface area contributed by atoms with Crippen LogP contribution >= 0.6 is 23.2 Å². The molecule has 1 atom stereocenters. The number of methoxy groups -OCH3 is 1. The summed E-state index contributed by atoms with van der Waals surface area (Å²) in [4.78, 5) is 28.5. The molecule has 0 bridgehead atoms. The second-order valence-corrected chi connectivity index (χ2v) is 11.9. The molecule has 0 aliphatic heterocycles. The summed E-state index contributed by atoms with van der Waals surface area (Å²) in [6.45, 7) is 1.34. The maximum Gasteiger partial charge on any atom is 0.244 e. The fraction of sp³-hybridized carbons (Fsp3) is 0.462. The first kappa shape index (κ1) is 29.1. The maximum absolute atomic E-state index is 13.8. The summed E-state index contributed by atoms with van der Waals surface area (Å²) in [7, 11) is -2.37. The highest BCUT2D eigenvalue weighted by molar-refractivity contribution is 7.92. The highest BCUT2D eigenvalue weighted by Crippen LogP contribution is 2.26. The van der Waals surface area contributed by atoms with Crippen molar-refractivity contribution in [1.82, 2.24) is 10.2 Å². The quantitative estimate of drug-likeness (QED) is 0.425. The first-order valence-electron chi connectivity index (χ1n) is 12.2. The van der Waals surface area contributed by atoms with E-state index >= 15 is 0 Å². The summed E-state index contributed by atoms with van der Waals surface area (Å²) in [5, 5.41) is 3.86. The van der Waals surface area contributed by atoms with E-state index < -0.39 is 28.5 Å². The number of anilines is 1. The van der Waals surface area contributed by atoms with Gasteiger partial charge in [0.15, 0.2) is 0 Å². The molecule has 1 aliphatic rings. The van der Waals surface area contributed by atoms with E-state index in [2.05, 4.69) is 5.32 Å². The van der Waals surface area contributed by atoms with E-state index in [0.717, 1.165) is 36.2 Å². The predicted octanol–water partition coefficient (Wildman–Crippen LogP) is 4.63. The lowest BCUT2D eigenvalue weighted by atomic mass is 10.1. The second kappa shape index (κ2) is 12.8. The number of sulfonamides is 1. The molecular formula is C26H33Cl2N3O5S. The Kier molecular flexibility index (Phi) is 10.1. The molecule has 1 saturated carbocycles. The average molecular weight is 571 g/mol. The molecule has 1 N–H and O–H groups in total. The lowest BCUT2D eigenvalue weighted by Crippen LogP contribution is -2.53. The molecule has 202 valence electrons. The van der Waals surface area contributed by atoms with E-state index in [4.69, 9.17) is 27.9 Å². The third kappa shape index (κ3) is 7.75. The average Bonchev–Trinajstić information content (AvgIpc) is 3.35. The van der Waals surface area contributed by atoms with Crippen molar-refractivity contribution >= 4 is 50.7 Å². The molecule has 2 aromatic rings. The third-order valence-electron chi connectivity index (χ3n) is 6.46. The van der Waals surface area contributed by atoms with Crippen LogP contribution in [0.1, 0.15) is 44.6 Å². The van der Waals surface area contributed by atoms with Crippen molar-refractivity contribution < 1.29 is 22.7 Å². The number of hydrogen-bond donors (Lipinski definition) is 1. The van der Waals surface area contributed by atoms with Crippen molar-refractivity contribution in [3.8, 4) is 5.75 Å². The number of hydrogen-bond acceptors (Lipinski definition) is 5. The van der Waals surface area contributed by atoms with E-state index in [1.54, 1.807) is 42.5 Å². The summed E-state index contributed by atoms with van der Waals surface area (Å²) >= 11 is 12.5. The number of halogens is 2. The van der Waals surface area contributed by atoms with Crippen molar-refractivity contribution in [2.24, 2.45) is 0 Å². The van der Waals surface area contributed by atoms with Crippen LogP contribution in [0.25, 0.3) is 0 Å². The van der Waals surface area contributed by atoms with Gasteiger partial charge in [-0.05, 0) is 49.1 Å². The Hall–Kier alpha value is -2.49. The topological polar surface area (TPSA) is 96.0 Å². The lowest BCUT2D eigenvalue weighted by Gasteiger charge is -2.33. The molecule has 2 aromatic carbocycles. The van der Waals surface area contributed by atoms with Crippen LogP contribution < -0.4 is 14.4 Å². The molecule has 2 amide bonds. The molecule has 0 heterocycles. The van der Waals surface area contributed by atoms with Crippen LogP contribution in [0.15, 0.2) is 42.5 Å². The van der Waals surface area contributed by atoms with Gasteiger partial charge in [0.2, 0.25) is 21.8 Å². The van der Waals surface area contributed by atoms with Gasteiger partial charge in [-0.1, -0.05) is 55.1 Å². The predicted molar refractivity (Wildman–Crippen MR) is 147 cm³/mol. The Labute approximate surface area is 228 Å². The molecule has 0 spiro atoms. The van der Waals surface area contributed by atoms with Crippen molar-refractivity contribution in [3.63, 3.8) is 0 Å². The van der Waals surface area contributed by atoms with Gasteiger partial charge in [0.05, 0.1) is 19.1 Å². The maximum atomic E-state index is 13.8.